The highest BCUT2D eigenvalue weighted by atomic mass is 19.4. The van der Waals surface area contributed by atoms with Crippen LogP contribution in [0.1, 0.15) is 0 Å². The number of halogens is 3. The molecule has 0 bridgehead atoms. The molecule has 1 aliphatic rings. The number of nitrogens with zero attached hydrogens (tertiary/aromatic N) is 1. The molecule has 1 N–H and O–H groups in total. The van der Waals surface area contributed by atoms with Crippen LogP contribution in [0.25, 0.3) is 0 Å². The van der Waals surface area contributed by atoms with E-state index in [-0.39, 0.29) is 26.3 Å². The first kappa shape index (κ1) is 14.9. The second-order valence-corrected chi connectivity index (χ2v) is 4.57. The van der Waals surface area contributed by atoms with Crippen LogP contribution in [0, 0.1) is 0 Å². The maximum atomic E-state index is 12.4. The normalized spacial score (nSPS) is 18.4. The average Bonchev–Trinajstić information content (AvgIpc) is 2.37. The van der Waals surface area contributed by atoms with Gasteiger partial charge in [0.05, 0.1) is 13.2 Å². The lowest BCUT2D eigenvalue weighted by atomic mass is 10.2. The van der Waals surface area contributed by atoms with Crippen LogP contribution in [0.5, 0.6) is 11.5 Å². The third-order valence-corrected chi connectivity index (χ3v) is 2.85. The first-order valence-electron chi connectivity index (χ1n) is 6.26. The van der Waals surface area contributed by atoms with Gasteiger partial charge in [0.1, 0.15) is 12.7 Å². The summed E-state index contributed by atoms with van der Waals surface area (Å²) in [6, 6.07) is 7.02. The van der Waals surface area contributed by atoms with Crippen LogP contribution >= 0.6 is 0 Å². The smallest absolute Gasteiger partial charge is 0.401 e. The number of hydrogen-bond acceptors (Lipinski definition) is 4. The Morgan fingerprint density at radius 3 is 2.60 bits per heavy atom. The predicted octanol–water partition coefficient (Wildman–Crippen LogP) is 1.68. The molecule has 20 heavy (non-hydrogen) atoms. The van der Waals surface area contributed by atoms with Crippen LogP contribution in [-0.4, -0.2) is 55.1 Å². The Morgan fingerprint density at radius 2 is 1.95 bits per heavy atom. The van der Waals surface area contributed by atoms with Gasteiger partial charge >= 0.3 is 6.18 Å². The van der Waals surface area contributed by atoms with Gasteiger partial charge in [0.25, 0.3) is 0 Å². The summed E-state index contributed by atoms with van der Waals surface area (Å²) in [6.07, 6.45) is -4.79. The lowest BCUT2D eigenvalue weighted by Gasteiger charge is -2.31. The van der Waals surface area contributed by atoms with Gasteiger partial charge in [-0.15, -0.1) is 0 Å². The molecule has 0 fully saturated rings. The van der Waals surface area contributed by atoms with Gasteiger partial charge in [0.15, 0.2) is 11.5 Å². The first-order chi connectivity index (χ1) is 9.48. The first-order valence-corrected chi connectivity index (χ1v) is 6.26. The topological polar surface area (TPSA) is 41.9 Å². The van der Waals surface area contributed by atoms with Crippen molar-refractivity contribution < 1.29 is 27.8 Å². The highest BCUT2D eigenvalue weighted by Gasteiger charge is 2.32. The van der Waals surface area contributed by atoms with Crippen LogP contribution in [0.15, 0.2) is 24.3 Å². The fourth-order valence-corrected chi connectivity index (χ4v) is 2.07. The van der Waals surface area contributed by atoms with E-state index >= 15 is 0 Å². The summed E-state index contributed by atoms with van der Waals surface area (Å²) in [5, 5.41) is 8.84. The molecule has 0 aliphatic carbocycles. The Kier molecular flexibility index (Phi) is 4.72. The lowest BCUT2D eigenvalue weighted by molar-refractivity contribution is -0.149. The van der Waals surface area contributed by atoms with Crippen LogP contribution in [0.4, 0.5) is 13.2 Å². The van der Waals surface area contributed by atoms with Crippen molar-refractivity contribution in [2.45, 2.75) is 12.3 Å². The van der Waals surface area contributed by atoms with E-state index < -0.39 is 18.8 Å². The van der Waals surface area contributed by atoms with E-state index in [0.29, 0.717) is 11.5 Å². The third-order valence-electron chi connectivity index (χ3n) is 2.85. The molecule has 0 aromatic heterocycles. The number of rotatable bonds is 5. The van der Waals surface area contributed by atoms with Crippen molar-refractivity contribution in [1.29, 1.82) is 0 Å². The zero-order valence-electron chi connectivity index (χ0n) is 10.8. The summed E-state index contributed by atoms with van der Waals surface area (Å²) in [4.78, 5) is 1.11. The van der Waals surface area contributed by atoms with E-state index in [1.807, 2.05) is 0 Å². The minimum Gasteiger partial charge on any atom is -0.486 e. The lowest BCUT2D eigenvalue weighted by Crippen LogP contribution is -2.45. The monoisotopic (exact) mass is 291 g/mol. The summed E-state index contributed by atoms with van der Waals surface area (Å²) < 4.78 is 48.3. The highest BCUT2D eigenvalue weighted by molar-refractivity contribution is 5.40. The van der Waals surface area contributed by atoms with Crippen molar-refractivity contribution in [3.05, 3.63) is 24.3 Å². The van der Waals surface area contributed by atoms with E-state index in [0.717, 1.165) is 4.90 Å². The minimum atomic E-state index is -4.30. The second-order valence-electron chi connectivity index (χ2n) is 4.57. The second kappa shape index (κ2) is 6.32. The summed E-state index contributed by atoms with van der Waals surface area (Å²) >= 11 is 0. The number of benzene rings is 1. The molecule has 1 heterocycles. The van der Waals surface area contributed by atoms with Crippen LogP contribution < -0.4 is 9.47 Å². The number of ether oxygens (including phenoxy) is 2. The molecule has 1 aromatic rings. The molecular formula is C13H16F3NO3. The molecule has 4 nitrogen and oxygen atoms in total. The molecule has 0 radical (unpaired) electrons. The van der Waals surface area contributed by atoms with Crippen molar-refractivity contribution in [3.63, 3.8) is 0 Å². The molecule has 0 amide bonds. The number of aliphatic hydroxyl groups is 1. The van der Waals surface area contributed by atoms with Gasteiger partial charge < -0.3 is 14.6 Å². The van der Waals surface area contributed by atoms with Crippen molar-refractivity contribution in [2.75, 3.05) is 32.8 Å². The highest BCUT2D eigenvalue weighted by Crippen LogP contribution is 2.31. The van der Waals surface area contributed by atoms with Gasteiger partial charge in [-0.1, -0.05) is 12.1 Å². The Morgan fingerprint density at radius 1 is 1.25 bits per heavy atom. The Hall–Kier alpha value is -1.47. The van der Waals surface area contributed by atoms with E-state index in [4.69, 9.17) is 14.6 Å². The number of alkyl halides is 3. The van der Waals surface area contributed by atoms with Gasteiger partial charge in [0.2, 0.25) is 0 Å². The van der Waals surface area contributed by atoms with Gasteiger partial charge in [-0.25, -0.2) is 0 Å². The van der Waals surface area contributed by atoms with Crippen molar-refractivity contribution in [2.24, 2.45) is 0 Å². The average molecular weight is 291 g/mol. The fraction of sp³-hybridized carbons (Fsp3) is 0.538. The van der Waals surface area contributed by atoms with Crippen molar-refractivity contribution in [1.82, 2.24) is 4.90 Å². The largest absolute Gasteiger partial charge is 0.486 e. The number of para-hydroxylation sites is 2. The molecule has 7 heteroatoms. The molecule has 1 atom stereocenters. The Balaban J connectivity index is 1.95. The Labute approximate surface area is 114 Å². The molecule has 0 saturated carbocycles. The maximum absolute atomic E-state index is 12.4. The van der Waals surface area contributed by atoms with Crippen LogP contribution in [0.3, 0.4) is 0 Å². The molecule has 112 valence electrons. The van der Waals surface area contributed by atoms with Crippen LogP contribution in [0.2, 0.25) is 0 Å². The van der Waals surface area contributed by atoms with Gasteiger partial charge in [-0.3, -0.25) is 4.90 Å². The molecule has 2 rings (SSSR count). The summed E-state index contributed by atoms with van der Waals surface area (Å²) in [5.41, 5.74) is 0. The van der Waals surface area contributed by atoms with Crippen LogP contribution in [-0.2, 0) is 0 Å². The summed E-state index contributed by atoms with van der Waals surface area (Å²) in [6.45, 7) is -1.22. The van der Waals surface area contributed by atoms with E-state index in [1.54, 1.807) is 24.3 Å². The zero-order valence-corrected chi connectivity index (χ0v) is 10.8. The number of aliphatic hydroxyl groups excluding tert-OH is 1. The quantitative estimate of drug-likeness (QED) is 0.896. The number of fused-ring (bicyclic) bond motifs is 1. The SMILES string of the molecule is OCCN(CC1COc2ccccc2O1)CC(F)(F)F. The molecule has 0 spiro atoms. The molecule has 0 saturated heterocycles. The third kappa shape index (κ3) is 4.28. The van der Waals surface area contributed by atoms with Gasteiger partial charge in [0, 0.05) is 13.1 Å². The summed E-state index contributed by atoms with van der Waals surface area (Å²) in [5.74, 6) is 1.12. The van der Waals surface area contributed by atoms with Gasteiger partial charge in [-0.05, 0) is 12.1 Å². The van der Waals surface area contributed by atoms with Crippen molar-refractivity contribution >= 4 is 0 Å². The van der Waals surface area contributed by atoms with E-state index in [2.05, 4.69) is 0 Å². The molecule has 1 aliphatic heterocycles. The minimum absolute atomic E-state index is 0.0500. The standard InChI is InChI=1S/C13H16F3NO3/c14-13(15,16)9-17(5-6-18)7-10-8-19-11-3-1-2-4-12(11)20-10/h1-4,10,18H,5-9H2. The van der Waals surface area contributed by atoms with E-state index in [1.165, 1.54) is 0 Å². The maximum Gasteiger partial charge on any atom is 0.401 e. The van der Waals surface area contributed by atoms with E-state index in [9.17, 15) is 13.2 Å². The molecule has 1 aromatic carbocycles. The summed E-state index contributed by atoms with van der Waals surface area (Å²) in [7, 11) is 0. The fourth-order valence-electron chi connectivity index (χ4n) is 2.07. The predicted molar refractivity (Wildman–Crippen MR) is 65.9 cm³/mol. The Bertz CT molecular complexity index is 439. The molecule has 1 unspecified atom stereocenters. The zero-order chi connectivity index (χ0) is 14.6. The molecular weight excluding hydrogens is 275 g/mol. The van der Waals surface area contributed by atoms with Crippen molar-refractivity contribution in [3.8, 4) is 11.5 Å². The van der Waals surface area contributed by atoms with Gasteiger partial charge in [-0.2, -0.15) is 13.2 Å². The number of hydrogen-bond donors (Lipinski definition) is 1.